The minimum atomic E-state index is -0.847. The van der Waals surface area contributed by atoms with Gasteiger partial charge in [-0.1, -0.05) is 0 Å². The average Bonchev–Trinajstić information content (AvgIpc) is 2.28. The Morgan fingerprint density at radius 3 is 2.81 bits per heavy atom. The quantitative estimate of drug-likeness (QED) is 0.576. The lowest BCUT2D eigenvalue weighted by atomic mass is 10.0. The van der Waals surface area contributed by atoms with E-state index in [1.807, 2.05) is 0 Å². The number of aliphatic hydroxyl groups is 1. The van der Waals surface area contributed by atoms with Crippen molar-refractivity contribution in [1.29, 1.82) is 0 Å². The van der Waals surface area contributed by atoms with Crippen LogP contribution in [0.1, 0.15) is 18.1 Å². The van der Waals surface area contributed by atoms with Gasteiger partial charge in [0.05, 0.1) is 18.1 Å². The molecule has 1 unspecified atom stereocenters. The number of nitrogens with zero attached hydrogens (tertiary/aromatic N) is 1. The molecule has 0 spiro atoms. The molecule has 0 amide bonds. The summed E-state index contributed by atoms with van der Waals surface area (Å²) in [7, 11) is 1.44. The second-order valence-corrected chi connectivity index (χ2v) is 3.28. The second kappa shape index (κ2) is 5.43. The van der Waals surface area contributed by atoms with Crippen molar-refractivity contribution < 1.29 is 14.8 Å². The smallest absolute Gasteiger partial charge is 0.270 e. The van der Waals surface area contributed by atoms with Crippen LogP contribution in [0.4, 0.5) is 5.69 Å². The van der Waals surface area contributed by atoms with E-state index < -0.39 is 11.0 Å². The predicted molar refractivity (Wildman–Crippen MR) is 58.3 cm³/mol. The van der Waals surface area contributed by atoms with Gasteiger partial charge >= 0.3 is 0 Å². The number of benzene rings is 1. The molecule has 1 aromatic carbocycles. The molecule has 0 heterocycles. The van der Waals surface area contributed by atoms with Crippen LogP contribution in [0.25, 0.3) is 0 Å². The zero-order valence-electron chi connectivity index (χ0n) is 8.92. The summed E-state index contributed by atoms with van der Waals surface area (Å²) in [5.74, 6) is 0.423. The lowest BCUT2D eigenvalue weighted by Gasteiger charge is -2.13. The Morgan fingerprint density at radius 1 is 1.62 bits per heavy atom. The Bertz CT molecular complexity index is 381. The van der Waals surface area contributed by atoms with Crippen LogP contribution in [-0.2, 0) is 0 Å². The van der Waals surface area contributed by atoms with Crippen LogP contribution >= 0.6 is 0 Å². The van der Waals surface area contributed by atoms with Crippen LogP contribution in [-0.4, -0.2) is 23.7 Å². The average molecular weight is 226 g/mol. The van der Waals surface area contributed by atoms with E-state index in [0.717, 1.165) is 0 Å². The van der Waals surface area contributed by atoms with E-state index in [1.165, 1.54) is 25.3 Å². The molecule has 0 aliphatic rings. The molecule has 3 N–H and O–H groups in total. The Labute approximate surface area is 92.8 Å². The largest absolute Gasteiger partial charge is 0.496 e. The molecule has 0 saturated heterocycles. The van der Waals surface area contributed by atoms with Crippen molar-refractivity contribution in [3.63, 3.8) is 0 Å². The van der Waals surface area contributed by atoms with E-state index in [4.69, 9.17) is 10.5 Å². The number of nitro benzene ring substituents is 1. The van der Waals surface area contributed by atoms with Crippen molar-refractivity contribution in [2.45, 2.75) is 12.5 Å². The standard InChI is InChI=1S/C10H14N2O4/c1-16-10-3-2-7(12(14)15)6-8(10)9(13)4-5-11/h2-3,6,9,13H,4-5,11H2,1H3. The highest BCUT2D eigenvalue weighted by Crippen LogP contribution is 2.30. The van der Waals surface area contributed by atoms with E-state index in [2.05, 4.69) is 0 Å². The zero-order valence-corrected chi connectivity index (χ0v) is 8.92. The molecular formula is C10H14N2O4. The third-order valence-corrected chi connectivity index (χ3v) is 2.22. The number of rotatable bonds is 5. The van der Waals surface area contributed by atoms with Gasteiger partial charge in [0.2, 0.25) is 0 Å². The minimum absolute atomic E-state index is 0.0770. The summed E-state index contributed by atoms with van der Waals surface area (Å²) in [6.07, 6.45) is -0.516. The maximum atomic E-state index is 10.6. The number of aliphatic hydroxyl groups excluding tert-OH is 1. The van der Waals surface area contributed by atoms with Crippen molar-refractivity contribution in [2.75, 3.05) is 13.7 Å². The summed E-state index contributed by atoms with van der Waals surface area (Å²) < 4.78 is 5.02. The van der Waals surface area contributed by atoms with Crippen molar-refractivity contribution in [2.24, 2.45) is 5.73 Å². The molecular weight excluding hydrogens is 212 g/mol. The van der Waals surface area contributed by atoms with Crippen molar-refractivity contribution in [3.05, 3.63) is 33.9 Å². The Balaban J connectivity index is 3.11. The van der Waals surface area contributed by atoms with Crippen LogP contribution in [0.2, 0.25) is 0 Å². The van der Waals surface area contributed by atoms with Gasteiger partial charge in [-0.05, 0) is 19.0 Å². The fourth-order valence-electron chi connectivity index (χ4n) is 1.41. The highest BCUT2D eigenvalue weighted by Gasteiger charge is 2.17. The van der Waals surface area contributed by atoms with Crippen LogP contribution in [0.5, 0.6) is 5.75 Å². The molecule has 6 heteroatoms. The fourth-order valence-corrected chi connectivity index (χ4v) is 1.41. The van der Waals surface area contributed by atoms with Crippen molar-refractivity contribution >= 4 is 5.69 Å². The number of hydrogen-bond acceptors (Lipinski definition) is 5. The zero-order chi connectivity index (χ0) is 12.1. The van der Waals surface area contributed by atoms with Gasteiger partial charge in [-0.3, -0.25) is 10.1 Å². The molecule has 0 fully saturated rings. The first-order valence-corrected chi connectivity index (χ1v) is 4.80. The topological polar surface area (TPSA) is 98.6 Å². The molecule has 0 aliphatic carbocycles. The molecule has 1 aromatic rings. The fraction of sp³-hybridized carbons (Fsp3) is 0.400. The first kappa shape index (κ1) is 12.4. The van der Waals surface area contributed by atoms with E-state index in [-0.39, 0.29) is 5.69 Å². The molecule has 16 heavy (non-hydrogen) atoms. The van der Waals surface area contributed by atoms with E-state index >= 15 is 0 Å². The summed E-state index contributed by atoms with van der Waals surface area (Å²) in [6.45, 7) is 0.299. The van der Waals surface area contributed by atoms with Gasteiger partial charge < -0.3 is 15.6 Å². The van der Waals surface area contributed by atoms with Gasteiger partial charge in [0.25, 0.3) is 5.69 Å². The first-order valence-electron chi connectivity index (χ1n) is 4.80. The second-order valence-electron chi connectivity index (χ2n) is 3.28. The van der Waals surface area contributed by atoms with E-state index in [1.54, 1.807) is 0 Å². The van der Waals surface area contributed by atoms with Gasteiger partial charge in [-0.25, -0.2) is 0 Å². The van der Waals surface area contributed by atoms with Gasteiger partial charge in [0.1, 0.15) is 5.75 Å². The summed E-state index contributed by atoms with van der Waals surface area (Å²) in [4.78, 5) is 10.1. The number of non-ortho nitro benzene ring substituents is 1. The summed E-state index contributed by atoms with van der Waals surface area (Å²) in [6, 6.07) is 4.10. The molecule has 0 bridgehead atoms. The number of ether oxygens (including phenoxy) is 1. The van der Waals surface area contributed by atoms with Gasteiger partial charge in [0, 0.05) is 17.7 Å². The highest BCUT2D eigenvalue weighted by molar-refractivity contribution is 5.44. The van der Waals surface area contributed by atoms with Crippen LogP contribution < -0.4 is 10.5 Å². The summed E-state index contributed by atoms with van der Waals surface area (Å²) in [5, 5.41) is 20.3. The van der Waals surface area contributed by atoms with Crippen molar-refractivity contribution in [3.8, 4) is 5.75 Å². The molecule has 0 saturated carbocycles. The third-order valence-electron chi connectivity index (χ3n) is 2.22. The van der Waals surface area contributed by atoms with Gasteiger partial charge in [0.15, 0.2) is 0 Å². The third kappa shape index (κ3) is 2.68. The van der Waals surface area contributed by atoms with Crippen LogP contribution in [0, 0.1) is 10.1 Å². The monoisotopic (exact) mass is 226 g/mol. The first-order chi connectivity index (χ1) is 7.60. The molecule has 0 aliphatic heterocycles. The normalized spacial score (nSPS) is 12.2. The van der Waals surface area contributed by atoms with Crippen LogP contribution in [0.3, 0.4) is 0 Å². The number of nitrogens with two attached hydrogens (primary N) is 1. The molecule has 6 nitrogen and oxygen atoms in total. The van der Waals surface area contributed by atoms with Crippen molar-refractivity contribution in [1.82, 2.24) is 0 Å². The molecule has 88 valence electrons. The Kier molecular flexibility index (Phi) is 4.21. The highest BCUT2D eigenvalue weighted by atomic mass is 16.6. The maximum Gasteiger partial charge on any atom is 0.270 e. The predicted octanol–water partition coefficient (Wildman–Crippen LogP) is 0.986. The SMILES string of the molecule is COc1ccc([N+](=O)[O-])cc1C(O)CCN. The van der Waals surface area contributed by atoms with Crippen LogP contribution in [0.15, 0.2) is 18.2 Å². The number of nitro groups is 1. The van der Waals surface area contributed by atoms with Gasteiger partial charge in [-0.2, -0.15) is 0 Å². The lowest BCUT2D eigenvalue weighted by Crippen LogP contribution is -2.08. The Hall–Kier alpha value is -1.66. The van der Waals surface area contributed by atoms with Gasteiger partial charge in [-0.15, -0.1) is 0 Å². The number of hydrogen-bond donors (Lipinski definition) is 2. The number of methoxy groups -OCH3 is 1. The molecule has 1 atom stereocenters. The lowest BCUT2D eigenvalue weighted by molar-refractivity contribution is -0.385. The Morgan fingerprint density at radius 2 is 2.31 bits per heavy atom. The van der Waals surface area contributed by atoms with E-state index in [9.17, 15) is 15.2 Å². The summed E-state index contributed by atoms with van der Waals surface area (Å²) in [5.41, 5.74) is 5.64. The minimum Gasteiger partial charge on any atom is -0.496 e. The molecule has 1 rings (SSSR count). The van der Waals surface area contributed by atoms with E-state index in [0.29, 0.717) is 24.3 Å². The summed E-state index contributed by atoms with van der Waals surface area (Å²) >= 11 is 0. The maximum absolute atomic E-state index is 10.6. The molecule has 0 radical (unpaired) electrons. The molecule has 0 aromatic heterocycles.